The van der Waals surface area contributed by atoms with E-state index in [1.54, 1.807) is 6.92 Å². The SMILES string of the molecule is CCCCCCCCCCCCCCCCCc1n(CC)cc[n+]1CCOS(=O)(=O)OCC. The maximum absolute atomic E-state index is 11.5. The van der Waals surface area contributed by atoms with Gasteiger partial charge >= 0.3 is 10.4 Å². The second-order valence-corrected chi connectivity index (χ2v) is 10.3. The smallest absolute Gasteiger partial charge is 0.248 e. The van der Waals surface area contributed by atoms with Crippen LogP contribution in [-0.2, 0) is 38.3 Å². The van der Waals surface area contributed by atoms with Crippen LogP contribution in [0.15, 0.2) is 12.4 Å². The van der Waals surface area contributed by atoms with Gasteiger partial charge in [0.05, 0.1) is 13.2 Å². The Labute approximate surface area is 204 Å². The minimum atomic E-state index is -3.88. The van der Waals surface area contributed by atoms with Crippen molar-refractivity contribution in [3.63, 3.8) is 0 Å². The van der Waals surface area contributed by atoms with Gasteiger partial charge in [-0.25, -0.2) is 17.5 Å². The number of rotatable bonds is 23. The van der Waals surface area contributed by atoms with Crippen molar-refractivity contribution in [2.45, 2.75) is 137 Å². The van der Waals surface area contributed by atoms with Gasteiger partial charge in [-0.1, -0.05) is 96.8 Å². The lowest BCUT2D eigenvalue weighted by molar-refractivity contribution is -0.704. The Hall–Kier alpha value is -0.920. The van der Waals surface area contributed by atoms with Gasteiger partial charge in [-0.15, -0.1) is 0 Å². The zero-order valence-corrected chi connectivity index (χ0v) is 22.5. The molecule has 0 aromatic carbocycles. The van der Waals surface area contributed by atoms with Crippen LogP contribution >= 0.6 is 0 Å². The van der Waals surface area contributed by atoms with E-state index in [0.29, 0.717) is 6.54 Å². The van der Waals surface area contributed by atoms with Crippen molar-refractivity contribution in [3.05, 3.63) is 18.2 Å². The molecule has 0 radical (unpaired) electrons. The summed E-state index contributed by atoms with van der Waals surface area (Å²) < 4.78 is 37.0. The molecule has 0 saturated carbocycles. The minimum absolute atomic E-state index is 0.0894. The maximum Gasteiger partial charge on any atom is 0.399 e. The molecular weight excluding hydrogens is 436 g/mol. The number of unbranched alkanes of at least 4 members (excludes halogenated alkanes) is 14. The number of imidazole rings is 1. The van der Waals surface area contributed by atoms with Crippen molar-refractivity contribution >= 4 is 10.4 Å². The van der Waals surface area contributed by atoms with Crippen LogP contribution < -0.4 is 4.57 Å². The standard InChI is InChI=1S/C26H51N2O4S/c1-4-7-8-9-10-11-12-13-14-15-16-17-18-19-20-21-26-27(5-2)22-23-28(26)24-25-32-33(29,30)31-6-3/h22-23H,4-21,24-25H2,1-3H3/q+1. The lowest BCUT2D eigenvalue weighted by Gasteiger charge is -2.06. The maximum atomic E-state index is 11.5. The molecule has 0 amide bonds. The Bertz CT molecular complexity index is 688. The van der Waals surface area contributed by atoms with Gasteiger partial charge in [-0.05, 0) is 20.3 Å². The number of hydrogen-bond acceptors (Lipinski definition) is 4. The van der Waals surface area contributed by atoms with E-state index >= 15 is 0 Å². The van der Waals surface area contributed by atoms with Gasteiger partial charge in [0.15, 0.2) is 0 Å². The molecule has 0 bridgehead atoms. The first-order valence-electron chi connectivity index (χ1n) is 13.6. The molecule has 1 aromatic rings. The summed E-state index contributed by atoms with van der Waals surface area (Å²) in [6, 6.07) is 0. The third-order valence-corrected chi connectivity index (χ3v) is 7.24. The molecule has 0 aliphatic carbocycles. The van der Waals surface area contributed by atoms with E-state index in [9.17, 15) is 8.42 Å². The molecule has 0 atom stereocenters. The fraction of sp³-hybridized carbons (Fsp3) is 0.885. The van der Waals surface area contributed by atoms with Crippen molar-refractivity contribution < 1.29 is 21.4 Å². The van der Waals surface area contributed by atoms with E-state index in [-0.39, 0.29) is 13.2 Å². The van der Waals surface area contributed by atoms with Crippen molar-refractivity contribution in [3.8, 4) is 0 Å². The third-order valence-electron chi connectivity index (χ3n) is 6.26. The highest BCUT2D eigenvalue weighted by molar-refractivity contribution is 7.81. The zero-order valence-electron chi connectivity index (χ0n) is 21.7. The number of aryl methyl sites for hydroxylation is 1. The highest BCUT2D eigenvalue weighted by atomic mass is 32.3. The summed E-state index contributed by atoms with van der Waals surface area (Å²) in [5.41, 5.74) is 0. The molecular formula is C26H51N2O4S+. The summed E-state index contributed by atoms with van der Waals surface area (Å²) in [5.74, 6) is 1.24. The first-order chi connectivity index (χ1) is 16.0. The van der Waals surface area contributed by atoms with Crippen LogP contribution in [0, 0.1) is 0 Å². The topological polar surface area (TPSA) is 61.4 Å². The van der Waals surface area contributed by atoms with Crippen molar-refractivity contribution in [1.29, 1.82) is 0 Å². The largest absolute Gasteiger partial charge is 0.399 e. The predicted molar refractivity (Wildman–Crippen MR) is 135 cm³/mol. The molecule has 0 fully saturated rings. The first-order valence-corrected chi connectivity index (χ1v) is 15.0. The number of nitrogens with zero attached hydrogens (tertiary/aromatic N) is 2. The van der Waals surface area contributed by atoms with E-state index in [1.165, 1.54) is 102 Å². The van der Waals surface area contributed by atoms with Crippen LogP contribution in [0.5, 0.6) is 0 Å². The van der Waals surface area contributed by atoms with Crippen molar-refractivity contribution in [2.24, 2.45) is 0 Å². The van der Waals surface area contributed by atoms with Gasteiger partial charge in [0.2, 0.25) is 0 Å². The van der Waals surface area contributed by atoms with Crippen LogP contribution in [0.3, 0.4) is 0 Å². The van der Waals surface area contributed by atoms with Crippen LogP contribution in [0.2, 0.25) is 0 Å². The molecule has 0 aliphatic heterocycles. The van der Waals surface area contributed by atoms with E-state index in [0.717, 1.165) is 13.0 Å². The van der Waals surface area contributed by atoms with Crippen LogP contribution in [-0.4, -0.2) is 26.2 Å². The summed E-state index contributed by atoms with van der Waals surface area (Å²) in [6.07, 6.45) is 25.6. The third kappa shape index (κ3) is 14.8. The molecule has 0 unspecified atom stereocenters. The highest BCUT2D eigenvalue weighted by Crippen LogP contribution is 2.14. The zero-order chi connectivity index (χ0) is 24.2. The van der Waals surface area contributed by atoms with E-state index in [2.05, 4.69) is 33.4 Å². The van der Waals surface area contributed by atoms with E-state index < -0.39 is 10.4 Å². The van der Waals surface area contributed by atoms with E-state index in [4.69, 9.17) is 4.18 Å². The van der Waals surface area contributed by atoms with E-state index in [1.807, 2.05) is 6.20 Å². The van der Waals surface area contributed by atoms with Gasteiger partial charge < -0.3 is 0 Å². The Morgan fingerprint density at radius 2 is 1.27 bits per heavy atom. The normalized spacial score (nSPS) is 12.0. The molecule has 0 saturated heterocycles. The van der Waals surface area contributed by atoms with Crippen LogP contribution in [0.25, 0.3) is 0 Å². The Balaban J connectivity index is 2.10. The quantitative estimate of drug-likeness (QED) is 0.130. The molecule has 33 heavy (non-hydrogen) atoms. The molecule has 7 heteroatoms. The second kappa shape index (κ2) is 19.4. The average molecular weight is 488 g/mol. The fourth-order valence-electron chi connectivity index (χ4n) is 4.35. The second-order valence-electron chi connectivity index (χ2n) is 9.03. The molecule has 0 spiro atoms. The fourth-order valence-corrected chi connectivity index (χ4v) is 4.98. The predicted octanol–water partition coefficient (Wildman–Crippen LogP) is 6.51. The molecule has 6 nitrogen and oxygen atoms in total. The Kier molecular flexibility index (Phi) is 17.7. The van der Waals surface area contributed by atoms with Crippen LogP contribution in [0.1, 0.15) is 123 Å². The first kappa shape index (κ1) is 30.1. The number of hydrogen-bond donors (Lipinski definition) is 0. The van der Waals surface area contributed by atoms with Gasteiger partial charge in [-0.3, -0.25) is 0 Å². The molecule has 1 heterocycles. The number of aromatic nitrogens is 2. The summed E-state index contributed by atoms with van der Waals surface area (Å²) in [5, 5.41) is 0. The molecule has 1 rings (SSSR count). The molecule has 194 valence electrons. The van der Waals surface area contributed by atoms with Gasteiger partial charge in [0.1, 0.15) is 25.5 Å². The van der Waals surface area contributed by atoms with Crippen molar-refractivity contribution in [1.82, 2.24) is 4.57 Å². The molecule has 1 aromatic heterocycles. The summed E-state index contributed by atoms with van der Waals surface area (Å²) in [6.45, 7) is 7.65. The Morgan fingerprint density at radius 1 is 0.758 bits per heavy atom. The highest BCUT2D eigenvalue weighted by Gasteiger charge is 2.17. The lowest BCUT2D eigenvalue weighted by atomic mass is 10.0. The van der Waals surface area contributed by atoms with Gasteiger partial charge in [0, 0.05) is 6.42 Å². The van der Waals surface area contributed by atoms with Gasteiger partial charge in [0.25, 0.3) is 5.82 Å². The Morgan fingerprint density at radius 3 is 1.76 bits per heavy atom. The summed E-state index contributed by atoms with van der Waals surface area (Å²) >= 11 is 0. The molecule has 0 aliphatic rings. The van der Waals surface area contributed by atoms with Crippen molar-refractivity contribution in [2.75, 3.05) is 13.2 Å². The van der Waals surface area contributed by atoms with Gasteiger partial charge in [-0.2, -0.15) is 8.42 Å². The monoisotopic (exact) mass is 487 g/mol. The minimum Gasteiger partial charge on any atom is -0.248 e. The van der Waals surface area contributed by atoms with Crippen LogP contribution in [0.4, 0.5) is 0 Å². The lowest BCUT2D eigenvalue weighted by Crippen LogP contribution is -2.39. The summed E-state index contributed by atoms with van der Waals surface area (Å²) in [7, 11) is -3.88. The average Bonchev–Trinajstić information content (AvgIpc) is 3.18. The molecule has 0 N–H and O–H groups in total. The summed E-state index contributed by atoms with van der Waals surface area (Å²) in [4.78, 5) is 0.